The molecule has 0 saturated carbocycles. The van der Waals surface area contributed by atoms with E-state index in [-0.39, 0.29) is 5.91 Å². The Kier molecular flexibility index (Phi) is 6.91. The second-order valence-corrected chi connectivity index (χ2v) is 4.96. The molecule has 20 heavy (non-hydrogen) atoms. The minimum absolute atomic E-state index is 0.0102. The van der Waals surface area contributed by atoms with Gasteiger partial charge in [0, 0.05) is 18.8 Å². The van der Waals surface area contributed by atoms with Gasteiger partial charge in [0.25, 0.3) is 5.91 Å². The van der Waals surface area contributed by atoms with Crippen LogP contribution in [0.4, 0.5) is 5.69 Å². The maximum Gasteiger partial charge on any atom is 0.257 e. The predicted molar refractivity (Wildman–Crippen MR) is 83.1 cm³/mol. The second-order valence-electron chi connectivity index (χ2n) is 4.96. The number of methoxy groups -OCH3 is 1. The molecule has 0 aliphatic carbocycles. The van der Waals surface area contributed by atoms with E-state index in [1.165, 1.54) is 0 Å². The Bertz CT molecular complexity index is 424. The fourth-order valence-electron chi connectivity index (χ4n) is 2.08. The first-order valence-corrected chi connectivity index (χ1v) is 7.36. The first-order chi connectivity index (χ1) is 9.63. The maximum absolute atomic E-state index is 12.7. The lowest BCUT2D eigenvalue weighted by Crippen LogP contribution is -2.33. The second kappa shape index (κ2) is 8.46. The molecule has 0 radical (unpaired) electrons. The third kappa shape index (κ3) is 4.44. The first-order valence-electron chi connectivity index (χ1n) is 7.36. The van der Waals surface area contributed by atoms with E-state index in [2.05, 4.69) is 13.8 Å². The van der Waals surface area contributed by atoms with Crippen LogP contribution >= 0.6 is 0 Å². The Labute approximate surface area is 121 Å². The number of ether oxygens (including phenoxy) is 1. The van der Waals surface area contributed by atoms with E-state index in [1.54, 1.807) is 25.3 Å². The largest absolute Gasteiger partial charge is 0.496 e. The summed E-state index contributed by atoms with van der Waals surface area (Å²) < 4.78 is 5.28. The van der Waals surface area contributed by atoms with E-state index in [4.69, 9.17) is 10.5 Å². The molecule has 0 fully saturated rings. The van der Waals surface area contributed by atoms with Gasteiger partial charge in [-0.1, -0.05) is 26.7 Å². The van der Waals surface area contributed by atoms with Gasteiger partial charge in [0.1, 0.15) is 5.75 Å². The number of carbonyl (C=O) groups is 1. The molecule has 0 aliphatic rings. The lowest BCUT2D eigenvalue weighted by atomic mass is 10.1. The molecule has 0 spiro atoms. The molecule has 1 aromatic carbocycles. The van der Waals surface area contributed by atoms with Crippen molar-refractivity contribution in [3.05, 3.63) is 23.8 Å². The highest BCUT2D eigenvalue weighted by Crippen LogP contribution is 2.23. The van der Waals surface area contributed by atoms with Crippen molar-refractivity contribution in [2.75, 3.05) is 25.9 Å². The maximum atomic E-state index is 12.7. The number of carbonyl (C=O) groups excluding carboxylic acids is 1. The van der Waals surface area contributed by atoms with Gasteiger partial charge in [-0.2, -0.15) is 0 Å². The topological polar surface area (TPSA) is 55.6 Å². The summed E-state index contributed by atoms with van der Waals surface area (Å²) in [5.41, 5.74) is 6.93. The Morgan fingerprint density at radius 2 is 1.80 bits per heavy atom. The van der Waals surface area contributed by atoms with Crippen molar-refractivity contribution in [3.63, 3.8) is 0 Å². The monoisotopic (exact) mass is 278 g/mol. The standard InChI is InChI=1S/C16H26N2O2/c1-4-6-10-18(11-7-5-2)16(19)14-12-13(17)8-9-15(14)20-3/h8-9,12H,4-7,10-11,17H2,1-3H3. The van der Waals surface area contributed by atoms with Gasteiger partial charge in [-0.3, -0.25) is 4.79 Å². The fourth-order valence-corrected chi connectivity index (χ4v) is 2.08. The van der Waals surface area contributed by atoms with Crippen molar-refractivity contribution < 1.29 is 9.53 Å². The normalized spacial score (nSPS) is 10.3. The molecule has 1 amide bonds. The Balaban J connectivity index is 2.94. The lowest BCUT2D eigenvalue weighted by molar-refractivity contribution is 0.0747. The average Bonchev–Trinajstić information content (AvgIpc) is 2.46. The molecule has 4 heteroatoms. The molecule has 1 aromatic rings. The molecule has 4 nitrogen and oxygen atoms in total. The van der Waals surface area contributed by atoms with Crippen LogP contribution in [-0.4, -0.2) is 31.0 Å². The van der Waals surface area contributed by atoms with E-state index in [0.29, 0.717) is 17.0 Å². The zero-order valence-corrected chi connectivity index (χ0v) is 12.8. The van der Waals surface area contributed by atoms with Crippen LogP contribution < -0.4 is 10.5 Å². The first kappa shape index (κ1) is 16.3. The van der Waals surface area contributed by atoms with Crippen LogP contribution in [0.25, 0.3) is 0 Å². The zero-order valence-electron chi connectivity index (χ0n) is 12.8. The Hall–Kier alpha value is -1.71. The minimum Gasteiger partial charge on any atom is -0.496 e. The van der Waals surface area contributed by atoms with Crippen LogP contribution in [-0.2, 0) is 0 Å². The molecule has 0 unspecified atom stereocenters. The van der Waals surface area contributed by atoms with Crippen LogP contribution in [0, 0.1) is 0 Å². The number of rotatable bonds is 8. The number of amides is 1. The van der Waals surface area contributed by atoms with Crippen molar-refractivity contribution in [3.8, 4) is 5.75 Å². The highest BCUT2D eigenvalue weighted by Gasteiger charge is 2.19. The molecular weight excluding hydrogens is 252 g/mol. The van der Waals surface area contributed by atoms with Crippen molar-refractivity contribution in [2.24, 2.45) is 0 Å². The number of nitrogens with two attached hydrogens (primary N) is 1. The zero-order chi connectivity index (χ0) is 15.0. The van der Waals surface area contributed by atoms with Gasteiger partial charge in [-0.15, -0.1) is 0 Å². The van der Waals surface area contributed by atoms with E-state index in [9.17, 15) is 4.79 Å². The number of nitrogens with zero attached hydrogens (tertiary/aromatic N) is 1. The van der Waals surface area contributed by atoms with Crippen molar-refractivity contribution in [1.29, 1.82) is 0 Å². The summed E-state index contributed by atoms with van der Waals surface area (Å²) in [6, 6.07) is 5.20. The van der Waals surface area contributed by atoms with Crippen molar-refractivity contribution in [1.82, 2.24) is 4.90 Å². The van der Waals surface area contributed by atoms with Gasteiger partial charge in [-0.25, -0.2) is 0 Å². The van der Waals surface area contributed by atoms with E-state index in [1.807, 2.05) is 4.90 Å². The van der Waals surface area contributed by atoms with Crippen LogP contribution in [0.3, 0.4) is 0 Å². The molecular formula is C16H26N2O2. The average molecular weight is 278 g/mol. The summed E-state index contributed by atoms with van der Waals surface area (Å²) in [6.07, 6.45) is 4.17. The molecule has 0 saturated heterocycles. The SMILES string of the molecule is CCCCN(CCCC)C(=O)c1cc(N)ccc1OC. The molecule has 0 aliphatic heterocycles. The summed E-state index contributed by atoms with van der Waals surface area (Å²) in [4.78, 5) is 14.6. The number of unbranched alkanes of at least 4 members (excludes halogenated alkanes) is 2. The predicted octanol–water partition coefficient (Wildman–Crippen LogP) is 3.32. The third-order valence-corrected chi connectivity index (χ3v) is 3.30. The number of benzene rings is 1. The van der Waals surface area contributed by atoms with E-state index < -0.39 is 0 Å². The van der Waals surface area contributed by atoms with Crippen molar-refractivity contribution in [2.45, 2.75) is 39.5 Å². The van der Waals surface area contributed by atoms with Gasteiger partial charge in [0.15, 0.2) is 0 Å². The summed E-state index contributed by atoms with van der Waals surface area (Å²) in [5, 5.41) is 0. The number of nitrogen functional groups attached to an aromatic ring is 1. The van der Waals surface area contributed by atoms with Gasteiger partial charge < -0.3 is 15.4 Å². The Morgan fingerprint density at radius 1 is 1.20 bits per heavy atom. The molecule has 0 aromatic heterocycles. The summed E-state index contributed by atoms with van der Waals surface area (Å²) in [6.45, 7) is 5.83. The molecule has 112 valence electrons. The number of hydrogen-bond acceptors (Lipinski definition) is 3. The van der Waals surface area contributed by atoms with Gasteiger partial charge in [0.05, 0.1) is 12.7 Å². The number of anilines is 1. The highest BCUT2D eigenvalue weighted by molar-refractivity contribution is 5.97. The smallest absolute Gasteiger partial charge is 0.257 e. The highest BCUT2D eigenvalue weighted by atomic mass is 16.5. The van der Waals surface area contributed by atoms with Gasteiger partial charge in [0.2, 0.25) is 0 Å². The summed E-state index contributed by atoms with van der Waals surface area (Å²) >= 11 is 0. The molecule has 1 rings (SSSR count). The third-order valence-electron chi connectivity index (χ3n) is 3.30. The lowest BCUT2D eigenvalue weighted by Gasteiger charge is -2.23. The summed E-state index contributed by atoms with van der Waals surface area (Å²) in [5.74, 6) is 0.596. The molecule has 0 atom stereocenters. The van der Waals surface area contributed by atoms with E-state index >= 15 is 0 Å². The minimum atomic E-state index is 0.0102. The van der Waals surface area contributed by atoms with Gasteiger partial charge >= 0.3 is 0 Å². The van der Waals surface area contributed by atoms with Crippen LogP contribution in [0.1, 0.15) is 49.9 Å². The van der Waals surface area contributed by atoms with Crippen LogP contribution in [0.2, 0.25) is 0 Å². The Morgan fingerprint density at radius 3 is 2.30 bits per heavy atom. The van der Waals surface area contributed by atoms with E-state index in [0.717, 1.165) is 38.8 Å². The summed E-state index contributed by atoms with van der Waals surface area (Å²) in [7, 11) is 1.57. The molecule has 0 heterocycles. The fraction of sp³-hybridized carbons (Fsp3) is 0.562. The van der Waals surface area contributed by atoms with Crippen LogP contribution in [0.5, 0.6) is 5.75 Å². The van der Waals surface area contributed by atoms with Crippen molar-refractivity contribution >= 4 is 11.6 Å². The van der Waals surface area contributed by atoms with Gasteiger partial charge in [-0.05, 0) is 31.0 Å². The number of hydrogen-bond donors (Lipinski definition) is 1. The molecule has 0 bridgehead atoms. The molecule has 2 N–H and O–H groups in total. The quantitative estimate of drug-likeness (QED) is 0.742. The van der Waals surface area contributed by atoms with Crippen LogP contribution in [0.15, 0.2) is 18.2 Å².